The van der Waals surface area contributed by atoms with Crippen LogP contribution in [0.4, 0.5) is 5.69 Å². The van der Waals surface area contributed by atoms with Crippen molar-refractivity contribution in [2.24, 2.45) is 0 Å². The Morgan fingerprint density at radius 2 is 1.35 bits per heavy atom. The zero-order chi connectivity index (χ0) is 33.0. The van der Waals surface area contributed by atoms with Gasteiger partial charge < -0.3 is 9.80 Å². The predicted octanol–water partition coefficient (Wildman–Crippen LogP) is 10.2. The maximum absolute atomic E-state index is 14.4. The summed E-state index contributed by atoms with van der Waals surface area (Å²) >= 11 is 5.08. The van der Waals surface area contributed by atoms with Gasteiger partial charge in [-0.2, -0.15) is 0 Å². The molecule has 7 heteroatoms. The number of anilines is 1. The van der Waals surface area contributed by atoms with E-state index in [1.165, 1.54) is 32.3 Å². The van der Waals surface area contributed by atoms with Crippen LogP contribution in [-0.2, 0) is 4.79 Å². The van der Waals surface area contributed by atoms with Gasteiger partial charge in [0.25, 0.3) is 5.04 Å². The van der Waals surface area contributed by atoms with E-state index < -0.39 is 0 Å². The highest BCUT2D eigenvalue weighted by molar-refractivity contribution is 8.19. The second-order valence-electron chi connectivity index (χ2n) is 11.3. The molecule has 0 saturated carbocycles. The van der Waals surface area contributed by atoms with E-state index in [4.69, 9.17) is 0 Å². The molecule has 238 valence electrons. The zero-order valence-corrected chi connectivity index (χ0v) is 29.5. The minimum Gasteiger partial charge on any atom is -0.335 e. The molecule has 1 amide bonds. The first-order chi connectivity index (χ1) is 23.6. The Kier molecular flexibility index (Phi) is 9.61. The summed E-state index contributed by atoms with van der Waals surface area (Å²) < 4.78 is 1.87. The van der Waals surface area contributed by atoms with Crippen molar-refractivity contribution in [3.8, 4) is 0 Å². The Balaban J connectivity index is 1.33. The molecule has 4 aromatic rings. The molecule has 4 aromatic carbocycles. The summed E-state index contributed by atoms with van der Waals surface area (Å²) in [5.41, 5.74) is 6.70. The SMILES string of the molecule is C=CC[N+]1=C(C=C2SC(c3ccccc3)=C(c3ccccc3)N2CC)SC(=C(C=C2Sc3ccccc3N2CC)c2ccccc2)C1=O. The highest BCUT2D eigenvalue weighted by Crippen LogP contribution is 2.51. The summed E-state index contributed by atoms with van der Waals surface area (Å²) in [5, 5.41) is 3.12. The topological polar surface area (TPSA) is 26.6 Å². The molecule has 0 radical (unpaired) electrons. The van der Waals surface area contributed by atoms with Crippen molar-refractivity contribution in [3.05, 3.63) is 172 Å². The molecule has 0 saturated heterocycles. The van der Waals surface area contributed by atoms with Gasteiger partial charge in [0.2, 0.25) is 0 Å². The van der Waals surface area contributed by atoms with Gasteiger partial charge in [0.15, 0.2) is 6.54 Å². The van der Waals surface area contributed by atoms with E-state index in [2.05, 4.69) is 139 Å². The lowest BCUT2D eigenvalue weighted by molar-refractivity contribution is -0.428. The third-order valence-electron chi connectivity index (χ3n) is 8.38. The monoisotopic (exact) mass is 682 g/mol. The van der Waals surface area contributed by atoms with Crippen LogP contribution in [0.25, 0.3) is 16.2 Å². The fourth-order valence-electron chi connectivity index (χ4n) is 6.15. The van der Waals surface area contributed by atoms with Gasteiger partial charge in [0.05, 0.1) is 21.4 Å². The number of fused-ring (bicyclic) bond motifs is 1. The number of benzene rings is 4. The highest BCUT2D eigenvalue weighted by Gasteiger charge is 2.40. The Morgan fingerprint density at radius 1 is 0.729 bits per heavy atom. The second-order valence-corrected chi connectivity index (χ2v) is 14.4. The molecule has 0 aliphatic carbocycles. The average molecular weight is 683 g/mol. The fraction of sp³-hybridized carbons (Fsp3) is 0.122. The normalized spacial score (nSPS) is 18.8. The molecule has 3 aliphatic heterocycles. The molecule has 0 fully saturated rings. The van der Waals surface area contributed by atoms with E-state index >= 15 is 0 Å². The number of carbonyl (C=O) groups is 1. The predicted molar refractivity (Wildman–Crippen MR) is 207 cm³/mol. The molecule has 48 heavy (non-hydrogen) atoms. The molecule has 0 spiro atoms. The second kappa shape index (κ2) is 14.4. The zero-order valence-electron chi connectivity index (χ0n) is 27.0. The van der Waals surface area contributed by atoms with Crippen LogP contribution in [0.2, 0.25) is 0 Å². The summed E-state index contributed by atoms with van der Waals surface area (Å²) in [7, 11) is 0. The molecule has 3 heterocycles. The molecule has 0 atom stereocenters. The van der Waals surface area contributed by atoms with Crippen molar-refractivity contribution >= 4 is 68.1 Å². The highest BCUT2D eigenvalue weighted by atomic mass is 32.2. The molecular formula is C41H36N3OS3+. The van der Waals surface area contributed by atoms with E-state index in [9.17, 15) is 4.79 Å². The number of para-hydroxylation sites is 1. The largest absolute Gasteiger partial charge is 0.428 e. The van der Waals surface area contributed by atoms with Crippen LogP contribution in [0, 0.1) is 0 Å². The molecule has 0 bridgehead atoms. The number of rotatable bonds is 9. The Hall–Kier alpha value is -4.43. The summed E-state index contributed by atoms with van der Waals surface area (Å²) in [5.74, 6) is -0.00316. The van der Waals surface area contributed by atoms with Crippen LogP contribution in [0.3, 0.4) is 0 Å². The van der Waals surface area contributed by atoms with Crippen LogP contribution < -0.4 is 4.90 Å². The number of hydrogen-bond acceptors (Lipinski definition) is 6. The molecule has 0 unspecified atom stereocenters. The van der Waals surface area contributed by atoms with E-state index in [1.54, 1.807) is 35.3 Å². The smallest absolute Gasteiger partial charge is 0.335 e. The van der Waals surface area contributed by atoms with Crippen LogP contribution in [0.1, 0.15) is 30.5 Å². The number of carbonyl (C=O) groups excluding carboxylic acids is 1. The molecule has 7 rings (SSSR count). The van der Waals surface area contributed by atoms with Crippen LogP contribution in [0.5, 0.6) is 0 Å². The van der Waals surface area contributed by atoms with Crippen molar-refractivity contribution in [3.63, 3.8) is 0 Å². The van der Waals surface area contributed by atoms with Gasteiger partial charge in [-0.25, -0.2) is 4.79 Å². The lowest BCUT2D eigenvalue weighted by atomic mass is 10.0. The van der Waals surface area contributed by atoms with Crippen molar-refractivity contribution in [1.82, 2.24) is 4.90 Å². The Morgan fingerprint density at radius 3 is 2.02 bits per heavy atom. The van der Waals surface area contributed by atoms with Gasteiger partial charge in [-0.3, -0.25) is 0 Å². The van der Waals surface area contributed by atoms with E-state index in [0.29, 0.717) is 6.54 Å². The maximum Gasteiger partial charge on any atom is 0.428 e. The van der Waals surface area contributed by atoms with E-state index in [1.807, 2.05) is 28.9 Å². The Bertz CT molecular complexity index is 2030. The summed E-state index contributed by atoms with van der Waals surface area (Å²) in [6, 6.07) is 40.0. The van der Waals surface area contributed by atoms with Crippen LogP contribution >= 0.6 is 35.3 Å². The van der Waals surface area contributed by atoms with Gasteiger partial charge in [0, 0.05) is 34.5 Å². The molecule has 0 N–H and O–H groups in total. The van der Waals surface area contributed by atoms with Gasteiger partial charge in [-0.05, 0) is 66.6 Å². The van der Waals surface area contributed by atoms with Crippen LogP contribution in [0.15, 0.2) is 160 Å². The van der Waals surface area contributed by atoms with Crippen LogP contribution in [-0.4, -0.2) is 40.1 Å². The molecule has 3 aliphatic rings. The summed E-state index contributed by atoms with van der Waals surface area (Å²) in [4.78, 5) is 22.3. The number of hydrogen-bond donors (Lipinski definition) is 0. The molecular weight excluding hydrogens is 647 g/mol. The quantitative estimate of drug-likeness (QED) is 0.0991. The first kappa shape index (κ1) is 32.1. The number of amides is 1. The standard InChI is InChI=1S/C41H36N3OS3/c1-4-26-44-37(28-36-43(6-3)38(30-20-12-8-13-21-30)39(47-36)31-22-14-9-15-23-31)48-40(41(44)45)32(29-18-10-7-11-19-29)27-35-42(5-2)33-24-16-17-25-34(33)46-35/h4,7-25,27-28H,1,5-6,26H2,2-3H3/q+1. The molecule has 0 aromatic heterocycles. The molecule has 4 nitrogen and oxygen atoms in total. The van der Waals surface area contributed by atoms with Gasteiger partial charge in [-0.1, -0.05) is 133 Å². The van der Waals surface area contributed by atoms with Crippen molar-refractivity contribution in [1.29, 1.82) is 0 Å². The van der Waals surface area contributed by atoms with Gasteiger partial charge in [0.1, 0.15) is 4.91 Å². The van der Waals surface area contributed by atoms with Gasteiger partial charge >= 0.3 is 5.91 Å². The minimum absolute atomic E-state index is 0.00316. The third kappa shape index (κ3) is 6.14. The van der Waals surface area contributed by atoms with E-state index in [0.717, 1.165) is 44.2 Å². The van der Waals surface area contributed by atoms with E-state index in [-0.39, 0.29) is 5.91 Å². The lowest BCUT2D eigenvalue weighted by Gasteiger charge is -2.21. The van der Waals surface area contributed by atoms with Crippen molar-refractivity contribution in [2.75, 3.05) is 24.5 Å². The summed E-state index contributed by atoms with van der Waals surface area (Å²) in [6.07, 6.45) is 6.21. The summed E-state index contributed by atoms with van der Waals surface area (Å²) in [6.45, 7) is 10.4. The minimum atomic E-state index is -0.00316. The number of nitrogens with zero attached hydrogens (tertiary/aromatic N) is 3. The fourth-order valence-corrected chi connectivity index (χ4v) is 9.81. The maximum atomic E-state index is 14.4. The third-order valence-corrected chi connectivity index (χ3v) is 11.8. The van der Waals surface area contributed by atoms with Gasteiger partial charge in [-0.15, -0.1) is 4.58 Å². The van der Waals surface area contributed by atoms with Crippen molar-refractivity contribution in [2.45, 2.75) is 18.7 Å². The number of allylic oxidation sites excluding steroid dienone is 2. The lowest BCUT2D eigenvalue weighted by Crippen LogP contribution is -2.22. The first-order valence-corrected chi connectivity index (χ1v) is 18.6. The first-order valence-electron chi connectivity index (χ1n) is 16.2. The average Bonchev–Trinajstić information content (AvgIpc) is 3.79. The number of thioether (sulfide) groups is 3. The van der Waals surface area contributed by atoms with Crippen molar-refractivity contribution < 1.29 is 9.37 Å². The Labute approximate surface area is 295 Å².